The predicted octanol–water partition coefficient (Wildman–Crippen LogP) is -0.325. The average Bonchev–Trinajstić information content (AvgIpc) is 2.60. The lowest BCUT2D eigenvalue weighted by atomic mass is 9.63. The number of nitrogens with zero attached hydrogens (tertiary/aromatic N) is 1. The molecule has 2 aliphatic heterocycles. The Morgan fingerprint density at radius 3 is 2.65 bits per heavy atom. The monoisotopic (exact) mass is 258 g/mol. The molecule has 96 valence electrons. The van der Waals surface area contributed by atoms with Crippen LogP contribution in [-0.2, 0) is 9.84 Å². The number of aliphatic hydroxyl groups is 1. The lowest BCUT2D eigenvalue weighted by molar-refractivity contribution is -0.103. The molecule has 0 spiro atoms. The van der Waals surface area contributed by atoms with Gasteiger partial charge >= 0.3 is 0 Å². The highest BCUT2D eigenvalue weighted by Crippen LogP contribution is 2.47. The number of nitriles is 1. The van der Waals surface area contributed by atoms with Crippen molar-refractivity contribution in [1.29, 1.82) is 5.26 Å². The Bertz CT molecular complexity index is 456. The normalized spacial score (nSPS) is 45.4. The molecule has 2 heterocycles. The molecular formula is C11H18N2O3S. The van der Waals surface area contributed by atoms with E-state index in [0.717, 1.165) is 0 Å². The molecule has 6 heteroatoms. The van der Waals surface area contributed by atoms with E-state index in [1.165, 1.54) is 0 Å². The minimum atomic E-state index is -3.18. The minimum Gasteiger partial charge on any atom is -0.388 e. The molecule has 2 rings (SSSR count). The molecule has 2 aliphatic rings. The third-order valence-corrected chi connectivity index (χ3v) is 6.06. The summed E-state index contributed by atoms with van der Waals surface area (Å²) in [5.41, 5.74) is -2.30. The van der Waals surface area contributed by atoms with Crippen molar-refractivity contribution in [2.75, 3.05) is 24.6 Å². The van der Waals surface area contributed by atoms with E-state index in [1.807, 2.05) is 6.92 Å². The first-order valence-corrected chi connectivity index (χ1v) is 7.72. The van der Waals surface area contributed by atoms with Crippen molar-refractivity contribution in [1.82, 2.24) is 5.32 Å². The third kappa shape index (κ3) is 1.86. The van der Waals surface area contributed by atoms with Gasteiger partial charge in [0, 0.05) is 6.54 Å². The Kier molecular flexibility index (Phi) is 2.97. The molecule has 0 amide bonds. The Labute approximate surface area is 102 Å². The fourth-order valence-electron chi connectivity index (χ4n) is 3.10. The summed E-state index contributed by atoms with van der Waals surface area (Å²) in [4.78, 5) is 0. The van der Waals surface area contributed by atoms with Crippen LogP contribution >= 0.6 is 0 Å². The molecule has 17 heavy (non-hydrogen) atoms. The summed E-state index contributed by atoms with van der Waals surface area (Å²) in [6.07, 6.45) is 0.698. The van der Waals surface area contributed by atoms with Crippen molar-refractivity contribution < 1.29 is 13.5 Å². The quantitative estimate of drug-likeness (QED) is 0.672. The molecule has 0 aliphatic carbocycles. The molecule has 0 aromatic rings. The van der Waals surface area contributed by atoms with Crippen LogP contribution in [0.5, 0.6) is 0 Å². The molecule has 2 fully saturated rings. The summed E-state index contributed by atoms with van der Waals surface area (Å²) in [5.74, 6) is -0.287. The number of hydrogen-bond acceptors (Lipinski definition) is 5. The van der Waals surface area contributed by atoms with E-state index in [-0.39, 0.29) is 23.8 Å². The van der Waals surface area contributed by atoms with Gasteiger partial charge in [-0.15, -0.1) is 0 Å². The second kappa shape index (κ2) is 3.94. The highest BCUT2D eigenvalue weighted by molar-refractivity contribution is 7.91. The van der Waals surface area contributed by atoms with Crippen LogP contribution in [0.3, 0.4) is 0 Å². The van der Waals surface area contributed by atoms with Gasteiger partial charge in [-0.1, -0.05) is 6.92 Å². The number of nitrogens with one attached hydrogen (secondary N) is 1. The van der Waals surface area contributed by atoms with Crippen LogP contribution in [0.1, 0.15) is 19.8 Å². The number of piperidine rings is 1. The second-order valence-electron chi connectivity index (χ2n) is 5.32. The SMILES string of the molecule is CC1CNCCC1(O)C1(C#N)CCS(=O)(=O)C1. The molecule has 0 radical (unpaired) electrons. The van der Waals surface area contributed by atoms with Gasteiger partial charge in [-0.25, -0.2) is 8.42 Å². The number of rotatable bonds is 1. The van der Waals surface area contributed by atoms with Crippen molar-refractivity contribution in [3.8, 4) is 6.07 Å². The van der Waals surface area contributed by atoms with Gasteiger partial charge in [0.25, 0.3) is 0 Å². The summed E-state index contributed by atoms with van der Waals surface area (Å²) >= 11 is 0. The Hall–Kier alpha value is -0.640. The maximum Gasteiger partial charge on any atom is 0.152 e. The van der Waals surface area contributed by atoms with Crippen LogP contribution in [0.4, 0.5) is 0 Å². The van der Waals surface area contributed by atoms with Crippen LogP contribution in [-0.4, -0.2) is 43.7 Å². The highest BCUT2D eigenvalue weighted by Gasteiger charge is 2.59. The van der Waals surface area contributed by atoms with Crippen LogP contribution in [0.2, 0.25) is 0 Å². The fourth-order valence-corrected chi connectivity index (χ4v) is 5.11. The number of hydrogen-bond donors (Lipinski definition) is 2. The molecule has 2 saturated heterocycles. The first-order valence-electron chi connectivity index (χ1n) is 5.90. The molecule has 0 saturated carbocycles. The molecule has 2 N–H and O–H groups in total. The van der Waals surface area contributed by atoms with Crippen LogP contribution in [0, 0.1) is 22.7 Å². The Balaban J connectivity index is 2.39. The highest BCUT2D eigenvalue weighted by atomic mass is 32.2. The standard InChI is InChI=1S/C11H18N2O3S/c1-9-6-13-4-2-11(9,14)10(7-12)3-5-17(15,16)8-10/h9,13-14H,2-6,8H2,1H3. The van der Waals surface area contributed by atoms with E-state index in [9.17, 15) is 18.8 Å². The lowest BCUT2D eigenvalue weighted by Crippen LogP contribution is -2.59. The number of sulfone groups is 1. The fraction of sp³-hybridized carbons (Fsp3) is 0.909. The minimum absolute atomic E-state index is 0.0169. The molecule has 3 unspecified atom stereocenters. The van der Waals surface area contributed by atoms with Crippen molar-refractivity contribution >= 4 is 9.84 Å². The zero-order valence-electron chi connectivity index (χ0n) is 9.94. The van der Waals surface area contributed by atoms with Gasteiger partial charge in [-0.3, -0.25) is 0 Å². The van der Waals surface area contributed by atoms with Crippen molar-refractivity contribution in [2.24, 2.45) is 11.3 Å². The van der Waals surface area contributed by atoms with E-state index in [4.69, 9.17) is 0 Å². The maximum atomic E-state index is 11.6. The van der Waals surface area contributed by atoms with E-state index >= 15 is 0 Å². The molecule has 0 bridgehead atoms. The van der Waals surface area contributed by atoms with Crippen LogP contribution < -0.4 is 5.32 Å². The van der Waals surface area contributed by atoms with Crippen LogP contribution in [0.15, 0.2) is 0 Å². The lowest BCUT2D eigenvalue weighted by Gasteiger charge is -2.46. The second-order valence-corrected chi connectivity index (χ2v) is 7.50. The predicted molar refractivity (Wildman–Crippen MR) is 62.9 cm³/mol. The zero-order chi connectivity index (χ0) is 12.7. The Morgan fingerprint density at radius 2 is 2.18 bits per heavy atom. The summed E-state index contributed by atoms with van der Waals surface area (Å²) in [6, 6.07) is 2.12. The molecule has 0 aromatic carbocycles. The average molecular weight is 258 g/mol. The molecule has 5 nitrogen and oxygen atoms in total. The van der Waals surface area contributed by atoms with E-state index < -0.39 is 20.9 Å². The first kappa shape index (κ1) is 12.8. The molecule has 0 aromatic heterocycles. The maximum absolute atomic E-state index is 11.6. The van der Waals surface area contributed by atoms with E-state index in [0.29, 0.717) is 19.5 Å². The van der Waals surface area contributed by atoms with Gasteiger partial charge in [0.2, 0.25) is 0 Å². The zero-order valence-corrected chi connectivity index (χ0v) is 10.8. The van der Waals surface area contributed by atoms with E-state index in [1.54, 1.807) is 0 Å². The van der Waals surface area contributed by atoms with Crippen LogP contribution in [0.25, 0.3) is 0 Å². The van der Waals surface area contributed by atoms with Gasteiger partial charge in [-0.2, -0.15) is 5.26 Å². The van der Waals surface area contributed by atoms with Gasteiger partial charge in [0.1, 0.15) is 5.41 Å². The largest absolute Gasteiger partial charge is 0.388 e. The van der Waals surface area contributed by atoms with Crippen molar-refractivity contribution in [3.05, 3.63) is 0 Å². The Morgan fingerprint density at radius 1 is 1.47 bits per heavy atom. The summed E-state index contributed by atoms with van der Waals surface area (Å²) in [7, 11) is -3.18. The van der Waals surface area contributed by atoms with E-state index in [2.05, 4.69) is 11.4 Å². The smallest absolute Gasteiger partial charge is 0.152 e. The first-order chi connectivity index (χ1) is 7.85. The van der Waals surface area contributed by atoms with Gasteiger partial charge < -0.3 is 10.4 Å². The topological polar surface area (TPSA) is 90.2 Å². The van der Waals surface area contributed by atoms with Gasteiger partial charge in [0.05, 0.1) is 23.2 Å². The molecular weight excluding hydrogens is 240 g/mol. The summed E-state index contributed by atoms with van der Waals surface area (Å²) in [5, 5.41) is 23.3. The third-order valence-electron chi connectivity index (χ3n) is 4.30. The molecule has 3 atom stereocenters. The van der Waals surface area contributed by atoms with Gasteiger partial charge in [-0.05, 0) is 25.3 Å². The van der Waals surface area contributed by atoms with Crippen molar-refractivity contribution in [3.63, 3.8) is 0 Å². The summed E-state index contributed by atoms with van der Waals surface area (Å²) < 4.78 is 23.2. The van der Waals surface area contributed by atoms with Gasteiger partial charge in [0.15, 0.2) is 9.84 Å². The summed E-state index contributed by atoms with van der Waals surface area (Å²) in [6.45, 7) is 3.13. The van der Waals surface area contributed by atoms with Crippen molar-refractivity contribution in [2.45, 2.75) is 25.4 Å².